The van der Waals surface area contributed by atoms with Crippen LogP contribution in [0.3, 0.4) is 0 Å². The number of fused-ring (bicyclic) bond motifs is 4. The van der Waals surface area contributed by atoms with Gasteiger partial charge in [0.2, 0.25) is 0 Å². The minimum Gasteiger partial charge on any atom is -0.545 e. The van der Waals surface area contributed by atoms with Gasteiger partial charge in [0.05, 0.1) is 29.1 Å². The van der Waals surface area contributed by atoms with Crippen molar-refractivity contribution in [3.63, 3.8) is 0 Å². The Balaban J connectivity index is 0.00000241. The van der Waals surface area contributed by atoms with Crippen LogP contribution >= 0.6 is 0 Å². The van der Waals surface area contributed by atoms with Crippen LogP contribution in [0, 0.1) is 13.8 Å². The van der Waals surface area contributed by atoms with Gasteiger partial charge in [-0.05, 0) is 50.5 Å². The number of carbonyl (C=O) groups excluding carboxylic acids is 1. The quantitative estimate of drug-likeness (QED) is 0.427. The molecule has 0 radical (unpaired) electrons. The summed E-state index contributed by atoms with van der Waals surface area (Å²) in [5.41, 5.74) is 3.64. The van der Waals surface area contributed by atoms with E-state index in [0.717, 1.165) is 47.8 Å². The minimum absolute atomic E-state index is 0. The molecule has 2 aromatic heterocycles. The molecule has 1 unspecified atom stereocenters. The van der Waals surface area contributed by atoms with Gasteiger partial charge in [0, 0.05) is 29.4 Å². The summed E-state index contributed by atoms with van der Waals surface area (Å²) < 4.78 is 18.4. The van der Waals surface area contributed by atoms with Gasteiger partial charge in [-0.25, -0.2) is 4.98 Å². The van der Waals surface area contributed by atoms with Crippen LogP contribution in [0.1, 0.15) is 47.2 Å². The van der Waals surface area contributed by atoms with Gasteiger partial charge in [0.25, 0.3) is 0 Å². The van der Waals surface area contributed by atoms with Crippen molar-refractivity contribution in [2.75, 3.05) is 0 Å². The Morgan fingerprint density at radius 3 is 2.53 bits per heavy atom. The normalized spacial score (nSPS) is 21.5. The Morgan fingerprint density at radius 1 is 1.09 bits per heavy atom. The van der Waals surface area contributed by atoms with Crippen molar-refractivity contribution in [3.8, 4) is 17.2 Å². The summed E-state index contributed by atoms with van der Waals surface area (Å²) in [6.45, 7) is 3.87. The Labute approximate surface area is 219 Å². The molecule has 4 aromatic rings. The van der Waals surface area contributed by atoms with Crippen molar-refractivity contribution >= 4 is 27.8 Å². The molecule has 34 heavy (non-hydrogen) atoms. The molecule has 4 heterocycles. The first-order valence-corrected chi connectivity index (χ1v) is 11.4. The van der Waals surface area contributed by atoms with Gasteiger partial charge in [-0.3, -0.25) is 0 Å². The number of aromatic nitrogens is 1. The van der Waals surface area contributed by atoms with E-state index in [0.29, 0.717) is 28.1 Å². The number of pyridine rings is 1. The fourth-order valence-corrected chi connectivity index (χ4v) is 5.32. The first-order chi connectivity index (χ1) is 16.0. The number of furan rings is 1. The Morgan fingerprint density at radius 2 is 1.82 bits per heavy atom. The van der Waals surface area contributed by atoms with Crippen molar-refractivity contribution < 1.29 is 53.3 Å². The number of carboxylic acids is 1. The average Bonchev–Trinajstić information content (AvgIpc) is 3.33. The molecular weight excluding hydrogens is 441 g/mol. The molecule has 2 fully saturated rings. The Kier molecular flexibility index (Phi) is 6.19. The number of ether oxygens (including phenoxy) is 2. The molecule has 2 saturated heterocycles. The molecule has 6 nitrogen and oxygen atoms in total. The molecule has 0 saturated carbocycles. The predicted molar refractivity (Wildman–Crippen MR) is 122 cm³/mol. The number of aryl methyl sites for hydroxylation is 2. The summed E-state index contributed by atoms with van der Waals surface area (Å²) in [7, 11) is 0. The number of nitrogens with zero attached hydrogens (tertiary/aromatic N) is 1. The van der Waals surface area contributed by atoms with E-state index in [1.807, 2.05) is 50.2 Å². The second-order valence-electron chi connectivity index (χ2n) is 9.17. The molecule has 2 aliphatic heterocycles. The van der Waals surface area contributed by atoms with E-state index in [4.69, 9.17) is 18.9 Å². The van der Waals surface area contributed by atoms with Crippen LogP contribution in [-0.2, 0) is 4.74 Å². The number of para-hydroxylation sites is 1. The van der Waals surface area contributed by atoms with E-state index in [-0.39, 0.29) is 53.4 Å². The van der Waals surface area contributed by atoms with E-state index in [1.54, 1.807) is 6.07 Å². The maximum Gasteiger partial charge on any atom is 1.00 e. The van der Waals surface area contributed by atoms with Crippen LogP contribution in [-0.4, -0.2) is 29.3 Å². The summed E-state index contributed by atoms with van der Waals surface area (Å²) in [6, 6.07) is 13.0. The molecule has 0 spiro atoms. The number of rotatable bonds is 4. The van der Waals surface area contributed by atoms with Crippen LogP contribution in [0.15, 0.2) is 46.9 Å². The third kappa shape index (κ3) is 3.93. The number of carboxylic acid groups (broad SMARTS) is 1. The first kappa shape index (κ1) is 23.4. The van der Waals surface area contributed by atoms with E-state index < -0.39 is 5.97 Å². The van der Waals surface area contributed by atoms with Crippen molar-refractivity contribution in [2.45, 2.75) is 57.8 Å². The van der Waals surface area contributed by atoms with Crippen molar-refractivity contribution in [2.24, 2.45) is 0 Å². The summed E-state index contributed by atoms with van der Waals surface area (Å²) in [5.74, 6) is -0.172. The van der Waals surface area contributed by atoms with Gasteiger partial charge in [-0.15, -0.1) is 0 Å². The van der Waals surface area contributed by atoms with Crippen molar-refractivity contribution in [1.29, 1.82) is 0 Å². The average molecular weight is 465 g/mol. The summed E-state index contributed by atoms with van der Waals surface area (Å²) in [6.07, 6.45) is 4.20. The third-order valence-corrected chi connectivity index (χ3v) is 6.96. The van der Waals surface area contributed by atoms with Crippen LogP contribution < -0.4 is 39.4 Å². The Hall–Kier alpha value is -2.38. The van der Waals surface area contributed by atoms with Gasteiger partial charge in [0.15, 0.2) is 5.76 Å². The molecule has 2 aliphatic rings. The van der Waals surface area contributed by atoms with Crippen LogP contribution in [0.2, 0.25) is 0 Å². The summed E-state index contributed by atoms with van der Waals surface area (Å²) in [4.78, 5) is 17.1. The number of hydrogen-bond donors (Lipinski definition) is 0. The number of benzene rings is 2. The molecule has 6 rings (SSSR count). The maximum atomic E-state index is 12.3. The molecule has 168 valence electrons. The molecule has 0 N–H and O–H groups in total. The summed E-state index contributed by atoms with van der Waals surface area (Å²) in [5, 5.41) is 13.7. The molecule has 2 bridgehead atoms. The fraction of sp³-hybridized carbons (Fsp3) is 0.333. The van der Waals surface area contributed by atoms with Gasteiger partial charge in [-0.2, -0.15) is 0 Å². The number of carbonyl (C=O) groups is 1. The summed E-state index contributed by atoms with van der Waals surface area (Å²) >= 11 is 0. The fourth-order valence-electron chi connectivity index (χ4n) is 5.32. The second kappa shape index (κ2) is 9.00. The SMILES string of the molecule is Cc1c(-c2cc(C(=O)[O-])c3c(OC4C[C@H]5CC[C@@H](C4)O5)ccc(C)c3n2)oc2ccccc12.[Na+]. The minimum atomic E-state index is -1.26. The van der Waals surface area contributed by atoms with Gasteiger partial charge >= 0.3 is 29.6 Å². The third-order valence-electron chi connectivity index (χ3n) is 6.96. The second-order valence-corrected chi connectivity index (χ2v) is 9.17. The van der Waals surface area contributed by atoms with E-state index in [9.17, 15) is 9.90 Å². The van der Waals surface area contributed by atoms with Crippen LogP contribution in [0.4, 0.5) is 0 Å². The van der Waals surface area contributed by atoms with E-state index in [1.165, 1.54) is 0 Å². The maximum absolute atomic E-state index is 12.3. The monoisotopic (exact) mass is 465 g/mol. The molecule has 3 atom stereocenters. The van der Waals surface area contributed by atoms with Gasteiger partial charge in [0.1, 0.15) is 23.1 Å². The van der Waals surface area contributed by atoms with Crippen LogP contribution in [0.5, 0.6) is 5.75 Å². The Bertz CT molecular complexity index is 1400. The van der Waals surface area contributed by atoms with Crippen LogP contribution in [0.25, 0.3) is 33.3 Å². The zero-order chi connectivity index (χ0) is 22.7. The van der Waals surface area contributed by atoms with E-state index >= 15 is 0 Å². The van der Waals surface area contributed by atoms with Gasteiger partial charge < -0.3 is 23.8 Å². The number of hydrogen-bond acceptors (Lipinski definition) is 6. The standard InChI is InChI=1S/C27H25NO5.Na/c1-14-7-10-23(32-18-11-16-8-9-17(12-18)31-16)24-20(27(29)30)13-21(28-25(14)24)26-15(2)19-5-3-4-6-22(19)33-26;/h3-7,10,13,16-18H,8-9,11-12H2,1-2H3,(H,29,30);/q;+1/p-1/t16-,17+,18?;. The zero-order valence-electron chi connectivity index (χ0n) is 19.6. The smallest absolute Gasteiger partial charge is 0.545 e. The van der Waals surface area contributed by atoms with Gasteiger partial charge in [-0.1, -0.05) is 24.3 Å². The predicted octanol–water partition coefficient (Wildman–Crippen LogP) is 1.72. The largest absolute Gasteiger partial charge is 1.00 e. The van der Waals surface area contributed by atoms with Crippen molar-refractivity contribution in [3.05, 3.63) is 59.2 Å². The zero-order valence-corrected chi connectivity index (χ0v) is 21.6. The molecule has 0 amide bonds. The number of aromatic carboxylic acids is 1. The van der Waals surface area contributed by atoms with E-state index in [2.05, 4.69) is 0 Å². The molecular formula is C27H24NNaO5. The molecule has 7 heteroatoms. The molecule has 2 aromatic carbocycles. The van der Waals surface area contributed by atoms with Crippen molar-refractivity contribution in [1.82, 2.24) is 4.98 Å². The molecule has 0 aliphatic carbocycles. The topological polar surface area (TPSA) is 84.6 Å². The first-order valence-electron chi connectivity index (χ1n) is 11.4.